The van der Waals surface area contributed by atoms with Gasteiger partial charge in [-0.2, -0.15) is 43.9 Å². The summed E-state index contributed by atoms with van der Waals surface area (Å²) in [6, 6.07) is 7.04. The molecule has 2 aliphatic carbocycles. The molecule has 2 aromatic rings. The standard InChI is InChI=1S/2C18H11F7N2O2/c2*19-10-3-1-2-9-13(10)14(28)11(20)5-17(9)7-27-6-8(18(23,24)25)4-12(15(27)26-17)29-16(21)22/h2*1-4,6,11,16H,5,7H2/t11-,17+;11-,17-/m01/s1. The summed E-state index contributed by atoms with van der Waals surface area (Å²) in [7, 11) is 0. The van der Waals surface area contributed by atoms with Crippen LogP contribution in [0.4, 0.5) is 61.5 Å². The van der Waals surface area contributed by atoms with Gasteiger partial charge in [-0.3, -0.25) is 19.6 Å². The maximum absolute atomic E-state index is 14.4. The molecule has 0 saturated heterocycles. The number of aliphatic imine (C=N–C) groups is 2. The predicted octanol–water partition coefficient (Wildman–Crippen LogP) is 8.49. The Balaban J connectivity index is 0.000000177. The van der Waals surface area contributed by atoms with Gasteiger partial charge in [0.1, 0.15) is 22.7 Å². The molecule has 2 spiro atoms. The molecule has 0 fully saturated rings. The SMILES string of the molecule is O=C1c2c(F)cccc2[C@@]2(C[C@@H]1F)CN1C=C(C(F)(F)F)C=C(OC(F)F)C1=N2.O=C1c2c(F)cccc2[C@@]2(C[C@H]1F)CN1C=C(C(F)(F)F)C=C(OC(F)F)C1=N2. The number of amidine groups is 2. The lowest BCUT2D eigenvalue weighted by atomic mass is 9.75. The van der Waals surface area contributed by atoms with Gasteiger partial charge in [-0.15, -0.1) is 0 Å². The van der Waals surface area contributed by atoms with Crippen LogP contribution in [0.15, 0.2) is 93.6 Å². The third-order valence-electron chi connectivity index (χ3n) is 9.86. The first-order chi connectivity index (χ1) is 27.0. The quantitative estimate of drug-likeness (QED) is 0.288. The van der Waals surface area contributed by atoms with E-state index in [0.717, 1.165) is 21.9 Å². The van der Waals surface area contributed by atoms with Crippen molar-refractivity contribution in [3.8, 4) is 0 Å². The second-order valence-electron chi connectivity index (χ2n) is 13.5. The Morgan fingerprint density at radius 1 is 0.638 bits per heavy atom. The molecule has 6 aliphatic rings. The van der Waals surface area contributed by atoms with Gasteiger partial charge < -0.3 is 19.3 Å². The first kappa shape index (κ1) is 40.5. The summed E-state index contributed by atoms with van der Waals surface area (Å²) in [5.74, 6) is -6.64. The topological polar surface area (TPSA) is 83.8 Å². The van der Waals surface area contributed by atoms with E-state index in [0.29, 0.717) is 24.6 Å². The number of nitrogens with zero attached hydrogens (tertiary/aromatic N) is 4. The highest BCUT2D eigenvalue weighted by molar-refractivity contribution is 6.06. The van der Waals surface area contributed by atoms with Crippen LogP contribution in [-0.4, -0.2) is 84.0 Å². The first-order valence-corrected chi connectivity index (χ1v) is 16.6. The van der Waals surface area contributed by atoms with E-state index >= 15 is 0 Å². The molecule has 4 aliphatic heterocycles. The highest BCUT2D eigenvalue weighted by Crippen LogP contribution is 2.48. The molecule has 8 nitrogen and oxygen atoms in total. The number of alkyl halides is 12. The Labute approximate surface area is 316 Å². The molecule has 22 heteroatoms. The summed E-state index contributed by atoms with van der Waals surface area (Å²) in [5.41, 5.74) is -6.94. The molecular weight excluding hydrogens is 818 g/mol. The second kappa shape index (κ2) is 14.0. The van der Waals surface area contributed by atoms with Crippen LogP contribution in [0, 0.1) is 11.6 Å². The maximum Gasteiger partial charge on any atom is 0.417 e. The van der Waals surface area contributed by atoms with E-state index in [1.807, 2.05) is 0 Å². The van der Waals surface area contributed by atoms with Crippen molar-refractivity contribution in [1.29, 1.82) is 0 Å². The van der Waals surface area contributed by atoms with Crippen LogP contribution < -0.4 is 0 Å². The normalized spacial score (nSPS) is 26.2. The number of allylic oxidation sites excluding steroid dienone is 4. The van der Waals surface area contributed by atoms with Crippen molar-refractivity contribution in [2.45, 2.75) is 61.8 Å². The molecular formula is C36H22F14N4O4. The van der Waals surface area contributed by atoms with Crippen LogP contribution in [0.3, 0.4) is 0 Å². The summed E-state index contributed by atoms with van der Waals surface area (Å²) in [4.78, 5) is 34.4. The molecule has 4 atom stereocenters. The molecule has 58 heavy (non-hydrogen) atoms. The number of ketones is 2. The Hall–Kier alpha value is -5.70. The Morgan fingerprint density at radius 2 is 1.00 bits per heavy atom. The lowest BCUT2D eigenvalue weighted by molar-refractivity contribution is -0.0981. The number of ether oxygens (including phenoxy) is 2. The fourth-order valence-electron chi connectivity index (χ4n) is 7.57. The van der Waals surface area contributed by atoms with Gasteiger partial charge in [0.15, 0.2) is 47.1 Å². The summed E-state index contributed by atoms with van der Waals surface area (Å²) < 4.78 is 196. The zero-order valence-corrected chi connectivity index (χ0v) is 28.6. The lowest BCUT2D eigenvalue weighted by Crippen LogP contribution is -2.42. The Bertz CT molecular complexity index is 2120. The number of benzene rings is 2. The zero-order valence-electron chi connectivity index (χ0n) is 28.6. The number of halogens is 14. The number of hydrogen-bond donors (Lipinski definition) is 0. The molecule has 0 N–H and O–H groups in total. The second-order valence-corrected chi connectivity index (χ2v) is 13.5. The van der Waals surface area contributed by atoms with Gasteiger partial charge in [0.25, 0.3) is 0 Å². The van der Waals surface area contributed by atoms with Crippen molar-refractivity contribution in [3.05, 3.63) is 118 Å². The number of hydrogen-bond acceptors (Lipinski definition) is 8. The van der Waals surface area contributed by atoms with Crippen LogP contribution in [0.5, 0.6) is 0 Å². The number of rotatable bonds is 4. The van der Waals surface area contributed by atoms with E-state index in [1.54, 1.807) is 0 Å². The van der Waals surface area contributed by atoms with Gasteiger partial charge in [-0.25, -0.2) is 17.6 Å². The third-order valence-corrected chi connectivity index (χ3v) is 9.86. The minimum Gasteiger partial charge on any atom is -0.431 e. The summed E-state index contributed by atoms with van der Waals surface area (Å²) >= 11 is 0. The average Bonchev–Trinajstić information content (AvgIpc) is 3.68. The highest BCUT2D eigenvalue weighted by atomic mass is 19.4. The van der Waals surface area contributed by atoms with Gasteiger partial charge in [-0.05, 0) is 35.4 Å². The smallest absolute Gasteiger partial charge is 0.417 e. The van der Waals surface area contributed by atoms with Crippen molar-refractivity contribution in [1.82, 2.24) is 9.80 Å². The third kappa shape index (κ3) is 6.98. The molecule has 8 rings (SSSR count). The zero-order chi connectivity index (χ0) is 42.3. The Kier molecular flexibility index (Phi) is 9.77. The van der Waals surface area contributed by atoms with Crippen molar-refractivity contribution >= 4 is 23.2 Å². The largest absolute Gasteiger partial charge is 0.431 e. The van der Waals surface area contributed by atoms with Crippen LogP contribution in [0.1, 0.15) is 44.7 Å². The number of carbonyl (C=O) groups excluding carboxylic acids is 2. The monoisotopic (exact) mass is 840 g/mol. The molecule has 4 heterocycles. The van der Waals surface area contributed by atoms with E-state index in [2.05, 4.69) is 19.5 Å². The van der Waals surface area contributed by atoms with Gasteiger partial charge in [-0.1, -0.05) is 24.3 Å². The molecule has 0 unspecified atom stereocenters. The molecule has 0 saturated carbocycles. The molecule has 0 bridgehead atoms. The first-order valence-electron chi connectivity index (χ1n) is 16.6. The van der Waals surface area contributed by atoms with Crippen LogP contribution in [0.2, 0.25) is 0 Å². The highest BCUT2D eigenvalue weighted by Gasteiger charge is 2.54. The lowest BCUT2D eigenvalue weighted by Gasteiger charge is -2.34. The number of carbonyl (C=O) groups is 2. The van der Waals surface area contributed by atoms with E-state index in [4.69, 9.17) is 0 Å². The van der Waals surface area contributed by atoms with Gasteiger partial charge in [0, 0.05) is 25.2 Å². The minimum atomic E-state index is -4.87. The summed E-state index contributed by atoms with van der Waals surface area (Å²) in [5, 5.41) is 0. The van der Waals surface area contributed by atoms with Crippen LogP contribution in [-0.2, 0) is 20.6 Å². The fourth-order valence-corrected chi connectivity index (χ4v) is 7.57. The van der Waals surface area contributed by atoms with Gasteiger partial charge in [0.05, 0.1) is 35.4 Å². The van der Waals surface area contributed by atoms with E-state index < -0.39 is 132 Å². The van der Waals surface area contributed by atoms with Crippen molar-refractivity contribution in [3.63, 3.8) is 0 Å². The molecule has 308 valence electrons. The fraction of sp³-hybridized carbons (Fsp3) is 0.333. The molecule has 0 amide bonds. The average molecular weight is 841 g/mol. The Morgan fingerprint density at radius 3 is 1.33 bits per heavy atom. The molecule has 2 aromatic carbocycles. The molecule has 0 radical (unpaired) electrons. The number of Topliss-reactive ketones (excluding diaryl/α,β-unsaturated/α-hetero) is 2. The van der Waals surface area contributed by atoms with Crippen LogP contribution >= 0.6 is 0 Å². The van der Waals surface area contributed by atoms with Crippen LogP contribution in [0.25, 0.3) is 0 Å². The summed E-state index contributed by atoms with van der Waals surface area (Å²) in [6.45, 7) is -7.67. The van der Waals surface area contributed by atoms with E-state index in [9.17, 15) is 71.1 Å². The van der Waals surface area contributed by atoms with Crippen molar-refractivity contribution in [2.24, 2.45) is 9.98 Å². The number of fused-ring (bicyclic) bond motifs is 6. The van der Waals surface area contributed by atoms with Crippen molar-refractivity contribution < 1.29 is 80.5 Å². The van der Waals surface area contributed by atoms with Crippen molar-refractivity contribution in [2.75, 3.05) is 13.1 Å². The maximum atomic E-state index is 14.4. The van der Waals surface area contributed by atoms with E-state index in [1.165, 1.54) is 24.3 Å². The predicted molar refractivity (Wildman–Crippen MR) is 171 cm³/mol. The minimum absolute atomic E-state index is 0.0170. The van der Waals surface area contributed by atoms with Gasteiger partial charge in [0.2, 0.25) is 0 Å². The van der Waals surface area contributed by atoms with Gasteiger partial charge >= 0.3 is 25.6 Å². The summed E-state index contributed by atoms with van der Waals surface area (Å²) in [6.07, 6.45) is -13.2. The van der Waals surface area contributed by atoms with E-state index in [-0.39, 0.29) is 22.8 Å². The molecule has 0 aromatic heterocycles.